The van der Waals surface area contributed by atoms with Crippen LogP contribution in [0.15, 0.2) is 42.5 Å². The van der Waals surface area contributed by atoms with Crippen molar-refractivity contribution in [2.45, 2.75) is 26.3 Å². The third-order valence-electron chi connectivity index (χ3n) is 4.04. The van der Waals surface area contributed by atoms with Crippen LogP contribution in [0.2, 0.25) is 0 Å². The average Bonchev–Trinajstić information content (AvgIpc) is 2.55. The Bertz CT molecular complexity index is 731. The van der Waals surface area contributed by atoms with E-state index in [9.17, 15) is 9.18 Å². The summed E-state index contributed by atoms with van der Waals surface area (Å²) in [7, 11) is 3.35. The van der Waals surface area contributed by atoms with Crippen molar-refractivity contribution >= 4 is 11.6 Å². The second-order valence-corrected chi connectivity index (χ2v) is 6.57. The number of amides is 1. The van der Waals surface area contributed by atoms with Gasteiger partial charge in [-0.1, -0.05) is 32.0 Å². The molecule has 2 aromatic carbocycles. The zero-order valence-electron chi connectivity index (χ0n) is 15.2. The molecular formula is C20H26FN2O2+. The Morgan fingerprint density at radius 2 is 1.96 bits per heavy atom. The summed E-state index contributed by atoms with van der Waals surface area (Å²) in [6, 6.07) is 12.7. The van der Waals surface area contributed by atoms with E-state index in [-0.39, 0.29) is 17.5 Å². The molecule has 0 aliphatic rings. The van der Waals surface area contributed by atoms with Gasteiger partial charge in [0.15, 0.2) is 18.1 Å². The quantitative estimate of drug-likeness (QED) is 0.810. The predicted octanol–water partition coefficient (Wildman–Crippen LogP) is 2.61. The van der Waals surface area contributed by atoms with E-state index in [4.69, 9.17) is 4.74 Å². The van der Waals surface area contributed by atoms with E-state index >= 15 is 0 Å². The summed E-state index contributed by atoms with van der Waals surface area (Å²) >= 11 is 0. The molecule has 0 saturated carbocycles. The normalized spacial score (nSPS) is 12.1. The summed E-state index contributed by atoms with van der Waals surface area (Å²) in [6.45, 7) is 5.06. The van der Waals surface area contributed by atoms with Gasteiger partial charge in [0.1, 0.15) is 6.54 Å². The first-order chi connectivity index (χ1) is 11.9. The number of carbonyl (C=O) groups excluding carboxylic acids is 1. The molecule has 1 atom stereocenters. The Morgan fingerprint density at radius 1 is 1.24 bits per heavy atom. The van der Waals surface area contributed by atoms with Crippen LogP contribution in [-0.2, 0) is 11.3 Å². The second-order valence-electron chi connectivity index (χ2n) is 6.57. The molecule has 25 heavy (non-hydrogen) atoms. The first-order valence-corrected chi connectivity index (χ1v) is 8.43. The molecule has 0 aromatic heterocycles. The van der Waals surface area contributed by atoms with E-state index in [1.54, 1.807) is 6.07 Å². The molecule has 134 valence electrons. The highest BCUT2D eigenvalue weighted by atomic mass is 19.1. The van der Waals surface area contributed by atoms with Crippen molar-refractivity contribution in [1.29, 1.82) is 0 Å². The monoisotopic (exact) mass is 345 g/mol. The van der Waals surface area contributed by atoms with Gasteiger partial charge in [0, 0.05) is 11.3 Å². The van der Waals surface area contributed by atoms with Gasteiger partial charge in [0.05, 0.1) is 14.2 Å². The Kier molecular flexibility index (Phi) is 6.53. The zero-order chi connectivity index (χ0) is 18.4. The molecule has 0 aliphatic heterocycles. The fraction of sp³-hybridized carbons (Fsp3) is 0.350. The molecule has 5 heteroatoms. The first-order valence-electron chi connectivity index (χ1n) is 8.43. The highest BCUT2D eigenvalue weighted by molar-refractivity contribution is 5.92. The second kappa shape index (κ2) is 8.62. The Balaban J connectivity index is 1.95. The van der Waals surface area contributed by atoms with Gasteiger partial charge in [-0.3, -0.25) is 4.79 Å². The number of benzene rings is 2. The number of likely N-dealkylation sites (N-methyl/N-ethyl adjacent to an activating group) is 1. The lowest BCUT2D eigenvalue weighted by Crippen LogP contribution is -3.08. The lowest BCUT2D eigenvalue weighted by Gasteiger charge is -2.16. The topological polar surface area (TPSA) is 42.8 Å². The number of para-hydroxylation sites is 1. The molecule has 0 aliphatic carbocycles. The number of quaternary nitrogens is 1. The van der Waals surface area contributed by atoms with Crippen molar-refractivity contribution in [1.82, 2.24) is 0 Å². The van der Waals surface area contributed by atoms with Gasteiger partial charge in [-0.2, -0.15) is 0 Å². The smallest absolute Gasteiger partial charge is 0.279 e. The van der Waals surface area contributed by atoms with Gasteiger partial charge in [0.2, 0.25) is 0 Å². The summed E-state index contributed by atoms with van der Waals surface area (Å²) in [6.07, 6.45) is 0. The number of methoxy groups -OCH3 is 1. The molecule has 0 bridgehead atoms. The van der Waals surface area contributed by atoms with Crippen LogP contribution < -0.4 is 15.0 Å². The number of nitrogens with one attached hydrogen (secondary N) is 2. The fourth-order valence-corrected chi connectivity index (χ4v) is 2.81. The Morgan fingerprint density at radius 3 is 2.60 bits per heavy atom. The minimum atomic E-state index is -0.386. The Labute approximate surface area is 148 Å². The summed E-state index contributed by atoms with van der Waals surface area (Å²) in [5, 5.41) is 2.98. The van der Waals surface area contributed by atoms with Crippen LogP contribution in [0.3, 0.4) is 0 Å². The van der Waals surface area contributed by atoms with E-state index < -0.39 is 0 Å². The molecule has 2 rings (SSSR count). The third kappa shape index (κ3) is 5.29. The lowest BCUT2D eigenvalue weighted by molar-refractivity contribution is -0.885. The van der Waals surface area contributed by atoms with Crippen LogP contribution >= 0.6 is 0 Å². The maximum atomic E-state index is 13.8. The first kappa shape index (κ1) is 18.9. The molecule has 0 saturated heterocycles. The molecule has 0 radical (unpaired) electrons. The minimum absolute atomic E-state index is 0.0559. The van der Waals surface area contributed by atoms with Crippen molar-refractivity contribution < 1.29 is 18.8 Å². The molecule has 1 amide bonds. The molecule has 2 N–H and O–H groups in total. The summed E-state index contributed by atoms with van der Waals surface area (Å²) < 4.78 is 18.7. The zero-order valence-corrected chi connectivity index (χ0v) is 15.2. The van der Waals surface area contributed by atoms with Crippen LogP contribution in [0.5, 0.6) is 5.75 Å². The van der Waals surface area contributed by atoms with Crippen molar-refractivity contribution in [3.63, 3.8) is 0 Å². The van der Waals surface area contributed by atoms with Crippen LogP contribution in [0, 0.1) is 5.82 Å². The van der Waals surface area contributed by atoms with Crippen LogP contribution in [-0.4, -0.2) is 26.6 Å². The van der Waals surface area contributed by atoms with E-state index in [1.165, 1.54) is 13.2 Å². The predicted molar refractivity (Wildman–Crippen MR) is 97.6 cm³/mol. The maximum absolute atomic E-state index is 13.8. The Hall–Kier alpha value is -2.40. The van der Waals surface area contributed by atoms with E-state index in [1.807, 2.05) is 37.4 Å². The van der Waals surface area contributed by atoms with Crippen LogP contribution in [0.25, 0.3) is 0 Å². The number of rotatable bonds is 7. The van der Waals surface area contributed by atoms with Crippen molar-refractivity contribution in [2.24, 2.45) is 0 Å². The van der Waals surface area contributed by atoms with E-state index in [0.29, 0.717) is 19.0 Å². The van der Waals surface area contributed by atoms with Gasteiger partial charge < -0.3 is 15.0 Å². The van der Waals surface area contributed by atoms with Gasteiger partial charge in [0.25, 0.3) is 5.91 Å². The SMILES string of the molecule is COc1ccc(C[NH+](C)CC(=O)Nc2ccccc2C(C)C)cc1F. The standard InChI is InChI=1S/C20H25FN2O2/c1-14(2)16-7-5-6-8-18(16)22-20(24)13-23(3)12-15-9-10-19(25-4)17(21)11-15/h5-11,14H,12-13H2,1-4H3,(H,22,24)/p+1. The van der Waals surface area contributed by atoms with Crippen LogP contribution in [0.4, 0.5) is 10.1 Å². The molecule has 4 nitrogen and oxygen atoms in total. The van der Waals surface area contributed by atoms with Gasteiger partial charge >= 0.3 is 0 Å². The highest BCUT2D eigenvalue weighted by Gasteiger charge is 2.14. The number of anilines is 1. The number of halogens is 1. The van der Waals surface area contributed by atoms with E-state index in [2.05, 4.69) is 19.2 Å². The van der Waals surface area contributed by atoms with E-state index in [0.717, 1.165) is 21.7 Å². The average molecular weight is 345 g/mol. The van der Waals surface area contributed by atoms with Crippen molar-refractivity contribution in [3.8, 4) is 5.75 Å². The molecule has 0 spiro atoms. The summed E-state index contributed by atoms with van der Waals surface area (Å²) in [4.78, 5) is 13.3. The number of ether oxygens (including phenoxy) is 1. The largest absolute Gasteiger partial charge is 0.494 e. The number of carbonyl (C=O) groups is 1. The summed E-state index contributed by atoms with van der Waals surface area (Å²) in [5.41, 5.74) is 2.79. The molecule has 0 heterocycles. The molecule has 1 unspecified atom stereocenters. The van der Waals surface area contributed by atoms with Crippen molar-refractivity contribution in [3.05, 3.63) is 59.4 Å². The molecule has 2 aromatic rings. The summed E-state index contributed by atoms with van der Waals surface area (Å²) in [5.74, 6) is 0.121. The molecule has 0 fully saturated rings. The fourth-order valence-electron chi connectivity index (χ4n) is 2.81. The van der Waals surface area contributed by atoms with Crippen molar-refractivity contribution in [2.75, 3.05) is 26.0 Å². The van der Waals surface area contributed by atoms with Gasteiger partial charge in [-0.05, 0) is 35.7 Å². The molecular weight excluding hydrogens is 319 g/mol. The van der Waals surface area contributed by atoms with Crippen LogP contribution in [0.1, 0.15) is 30.9 Å². The van der Waals surface area contributed by atoms with Gasteiger partial charge in [-0.15, -0.1) is 0 Å². The lowest BCUT2D eigenvalue weighted by atomic mass is 10.0. The minimum Gasteiger partial charge on any atom is -0.494 e. The highest BCUT2D eigenvalue weighted by Crippen LogP contribution is 2.23. The third-order valence-corrected chi connectivity index (χ3v) is 4.04. The number of hydrogen-bond acceptors (Lipinski definition) is 2. The maximum Gasteiger partial charge on any atom is 0.279 e. The number of hydrogen-bond donors (Lipinski definition) is 2. The van der Waals surface area contributed by atoms with Gasteiger partial charge in [-0.25, -0.2) is 4.39 Å².